The summed E-state index contributed by atoms with van der Waals surface area (Å²) in [5, 5.41) is 11.5. The number of sulfonamides is 1. The summed E-state index contributed by atoms with van der Waals surface area (Å²) in [6, 6.07) is 17.0. The zero-order chi connectivity index (χ0) is 24.9. The summed E-state index contributed by atoms with van der Waals surface area (Å²) >= 11 is 0. The Labute approximate surface area is 194 Å². The third-order valence-corrected chi connectivity index (χ3v) is 6.42. The van der Waals surface area contributed by atoms with Crippen molar-refractivity contribution in [2.24, 2.45) is 0 Å². The van der Waals surface area contributed by atoms with Crippen molar-refractivity contribution in [2.45, 2.75) is 11.1 Å². The average molecular weight is 489 g/mol. The molecule has 0 aliphatic carbocycles. The smallest absolute Gasteiger partial charge is 0.416 e. The highest BCUT2D eigenvalue weighted by molar-refractivity contribution is 7.92. The van der Waals surface area contributed by atoms with E-state index in [1.807, 2.05) is 6.07 Å². The van der Waals surface area contributed by atoms with Crippen molar-refractivity contribution in [1.82, 2.24) is 0 Å². The highest BCUT2D eigenvalue weighted by atomic mass is 32.2. The zero-order valence-electron chi connectivity index (χ0n) is 17.7. The number of benzene rings is 3. The lowest BCUT2D eigenvalue weighted by molar-refractivity contribution is -0.137. The number of hydrogen-bond acceptors (Lipinski definition) is 5. The number of para-hydroxylation sites is 2. The fraction of sp³-hybridized carbons (Fsp3) is 0.130. The predicted octanol–water partition coefficient (Wildman–Crippen LogP) is 4.42. The number of methoxy groups -OCH3 is 1. The van der Waals surface area contributed by atoms with Crippen molar-refractivity contribution in [1.29, 1.82) is 5.26 Å². The lowest BCUT2D eigenvalue weighted by Crippen LogP contribution is -2.38. The van der Waals surface area contributed by atoms with E-state index in [1.54, 1.807) is 6.07 Å². The number of ether oxygens (including phenoxy) is 1. The van der Waals surface area contributed by atoms with Gasteiger partial charge in [-0.05, 0) is 48.5 Å². The SMILES string of the molecule is COc1ccccc1N(CC(=O)Nc1cccc(C#N)c1)S(=O)(=O)c1cccc(C(F)(F)F)c1. The molecule has 0 unspecified atom stereocenters. The maximum atomic E-state index is 13.4. The number of alkyl halides is 3. The number of halogens is 3. The molecule has 176 valence electrons. The Hall–Kier alpha value is -4.04. The fourth-order valence-corrected chi connectivity index (χ4v) is 4.57. The molecule has 3 aromatic rings. The highest BCUT2D eigenvalue weighted by Crippen LogP contribution is 2.35. The van der Waals surface area contributed by atoms with Gasteiger partial charge in [0.25, 0.3) is 10.0 Å². The second-order valence-electron chi connectivity index (χ2n) is 6.95. The van der Waals surface area contributed by atoms with Gasteiger partial charge in [-0.1, -0.05) is 24.3 Å². The molecule has 0 heterocycles. The van der Waals surface area contributed by atoms with E-state index in [9.17, 15) is 26.4 Å². The normalized spacial score (nSPS) is 11.4. The second-order valence-corrected chi connectivity index (χ2v) is 8.81. The summed E-state index contributed by atoms with van der Waals surface area (Å²) < 4.78 is 72.4. The van der Waals surface area contributed by atoms with E-state index in [1.165, 1.54) is 49.6 Å². The second kappa shape index (κ2) is 9.84. The Bertz CT molecular complexity index is 1350. The Kier molecular flexibility index (Phi) is 7.12. The number of rotatable bonds is 7. The van der Waals surface area contributed by atoms with Crippen molar-refractivity contribution in [3.05, 3.63) is 83.9 Å². The van der Waals surface area contributed by atoms with E-state index in [0.717, 1.165) is 18.2 Å². The van der Waals surface area contributed by atoms with Gasteiger partial charge in [-0.15, -0.1) is 0 Å². The van der Waals surface area contributed by atoms with Gasteiger partial charge in [0.1, 0.15) is 12.3 Å². The molecule has 1 amide bonds. The molecule has 7 nitrogen and oxygen atoms in total. The first-order chi connectivity index (χ1) is 16.1. The van der Waals surface area contributed by atoms with Crippen LogP contribution in [0.1, 0.15) is 11.1 Å². The highest BCUT2D eigenvalue weighted by Gasteiger charge is 2.34. The van der Waals surface area contributed by atoms with E-state index in [0.29, 0.717) is 10.4 Å². The molecule has 11 heteroatoms. The lowest BCUT2D eigenvalue weighted by Gasteiger charge is -2.26. The van der Waals surface area contributed by atoms with Crippen molar-refractivity contribution >= 4 is 27.3 Å². The Morgan fingerprint density at radius 2 is 1.76 bits per heavy atom. The molecule has 34 heavy (non-hydrogen) atoms. The van der Waals surface area contributed by atoms with Crippen LogP contribution in [-0.4, -0.2) is 28.0 Å². The minimum absolute atomic E-state index is 0.0386. The number of nitrogens with one attached hydrogen (secondary N) is 1. The summed E-state index contributed by atoms with van der Waals surface area (Å²) in [7, 11) is -3.34. The molecular formula is C23H18F3N3O4S. The molecule has 0 aromatic heterocycles. The van der Waals surface area contributed by atoms with Crippen LogP contribution in [0.3, 0.4) is 0 Å². The topological polar surface area (TPSA) is 99.5 Å². The van der Waals surface area contributed by atoms with Gasteiger partial charge in [-0.2, -0.15) is 18.4 Å². The molecule has 1 N–H and O–H groups in total. The van der Waals surface area contributed by atoms with Gasteiger partial charge in [-0.3, -0.25) is 9.10 Å². The van der Waals surface area contributed by atoms with Gasteiger partial charge < -0.3 is 10.1 Å². The summed E-state index contributed by atoms with van der Waals surface area (Å²) in [5.74, 6) is -0.686. The Morgan fingerprint density at radius 3 is 2.44 bits per heavy atom. The van der Waals surface area contributed by atoms with Gasteiger partial charge in [0.05, 0.1) is 34.9 Å². The van der Waals surface area contributed by atoms with Gasteiger partial charge >= 0.3 is 6.18 Å². The van der Waals surface area contributed by atoms with E-state index in [4.69, 9.17) is 10.00 Å². The number of hydrogen-bond donors (Lipinski definition) is 1. The molecule has 0 spiro atoms. The van der Waals surface area contributed by atoms with Crippen LogP contribution in [0.15, 0.2) is 77.7 Å². The van der Waals surface area contributed by atoms with E-state index < -0.39 is 39.1 Å². The molecule has 0 bridgehead atoms. The minimum atomic E-state index is -4.76. The molecule has 0 aliphatic rings. The van der Waals surface area contributed by atoms with Crippen LogP contribution in [0.25, 0.3) is 0 Å². The third kappa shape index (κ3) is 5.47. The lowest BCUT2D eigenvalue weighted by atomic mass is 10.2. The monoisotopic (exact) mass is 489 g/mol. The first-order valence-corrected chi connectivity index (χ1v) is 11.1. The van der Waals surface area contributed by atoms with E-state index >= 15 is 0 Å². The number of anilines is 2. The molecule has 0 saturated carbocycles. The first-order valence-electron chi connectivity index (χ1n) is 9.69. The number of nitrogens with zero attached hydrogens (tertiary/aromatic N) is 2. The van der Waals surface area contributed by atoms with Gasteiger partial charge in [0.2, 0.25) is 5.91 Å². The van der Waals surface area contributed by atoms with Gasteiger partial charge in [-0.25, -0.2) is 8.42 Å². The largest absolute Gasteiger partial charge is 0.495 e. The minimum Gasteiger partial charge on any atom is -0.495 e. The van der Waals surface area contributed by atoms with E-state index in [2.05, 4.69) is 5.32 Å². The maximum absolute atomic E-state index is 13.4. The molecule has 0 fully saturated rings. The average Bonchev–Trinajstić information content (AvgIpc) is 2.82. The maximum Gasteiger partial charge on any atom is 0.416 e. The standard InChI is InChI=1S/C23H18F3N3O4S/c1-33-21-11-3-2-10-20(21)29(15-22(30)28-18-8-4-6-16(12-18)14-27)34(31,32)19-9-5-7-17(13-19)23(24,25)26/h2-13H,15H2,1H3,(H,28,30). The molecule has 0 saturated heterocycles. The van der Waals surface area contributed by atoms with Crippen molar-refractivity contribution in [3.8, 4) is 11.8 Å². The van der Waals surface area contributed by atoms with Gasteiger partial charge in [0, 0.05) is 5.69 Å². The summed E-state index contributed by atoms with van der Waals surface area (Å²) in [6.45, 7) is -0.768. The molecule has 0 aliphatic heterocycles. The molecular weight excluding hydrogens is 471 g/mol. The third-order valence-electron chi connectivity index (χ3n) is 4.67. The summed E-state index contributed by atoms with van der Waals surface area (Å²) in [4.78, 5) is 12.1. The van der Waals surface area contributed by atoms with Crippen LogP contribution in [0.2, 0.25) is 0 Å². The van der Waals surface area contributed by atoms with Gasteiger partial charge in [0.15, 0.2) is 0 Å². The van der Waals surface area contributed by atoms with Crippen LogP contribution in [0, 0.1) is 11.3 Å². The molecule has 0 radical (unpaired) electrons. The van der Waals surface area contributed by atoms with Crippen molar-refractivity contribution in [3.63, 3.8) is 0 Å². The van der Waals surface area contributed by atoms with Crippen LogP contribution in [0.4, 0.5) is 24.5 Å². The first kappa shape index (κ1) is 24.6. The number of amides is 1. The summed E-state index contributed by atoms with van der Waals surface area (Å²) in [5.41, 5.74) is -0.661. The molecule has 3 rings (SSSR count). The number of nitriles is 1. The van der Waals surface area contributed by atoms with Crippen molar-refractivity contribution in [2.75, 3.05) is 23.3 Å². The number of carbonyl (C=O) groups is 1. The molecule has 0 atom stereocenters. The van der Waals surface area contributed by atoms with Crippen molar-refractivity contribution < 1.29 is 31.1 Å². The Morgan fingerprint density at radius 1 is 1.06 bits per heavy atom. The molecule has 3 aromatic carbocycles. The summed E-state index contributed by atoms with van der Waals surface area (Å²) in [6.07, 6.45) is -4.76. The van der Waals surface area contributed by atoms with E-state index in [-0.39, 0.29) is 22.7 Å². The van der Waals surface area contributed by atoms with Crippen LogP contribution >= 0.6 is 0 Å². The number of carbonyl (C=O) groups excluding carboxylic acids is 1. The van der Waals surface area contributed by atoms with Crippen LogP contribution in [0.5, 0.6) is 5.75 Å². The van der Waals surface area contributed by atoms with Crippen LogP contribution < -0.4 is 14.4 Å². The Balaban J connectivity index is 2.04. The quantitative estimate of drug-likeness (QED) is 0.530. The van der Waals surface area contributed by atoms with Crippen LogP contribution in [-0.2, 0) is 21.0 Å². The fourth-order valence-electron chi connectivity index (χ4n) is 3.09. The zero-order valence-corrected chi connectivity index (χ0v) is 18.5. The predicted molar refractivity (Wildman–Crippen MR) is 119 cm³/mol.